The van der Waals surface area contributed by atoms with Crippen LogP contribution in [0.2, 0.25) is 0 Å². The van der Waals surface area contributed by atoms with Crippen LogP contribution in [0, 0.1) is 5.92 Å². The van der Waals surface area contributed by atoms with E-state index < -0.39 is 18.2 Å². The first-order valence-electron chi connectivity index (χ1n) is 7.75. The van der Waals surface area contributed by atoms with Gasteiger partial charge in [0.1, 0.15) is 6.10 Å². The monoisotopic (exact) mass is 341 g/mol. The van der Waals surface area contributed by atoms with Crippen molar-refractivity contribution in [1.29, 1.82) is 0 Å². The summed E-state index contributed by atoms with van der Waals surface area (Å²) < 4.78 is 10.3. The van der Waals surface area contributed by atoms with Crippen LogP contribution in [0.25, 0.3) is 0 Å². The Morgan fingerprint density at radius 1 is 1.33 bits per heavy atom. The molecule has 1 fully saturated rings. The predicted molar refractivity (Wildman–Crippen MR) is 83.0 cm³/mol. The number of aliphatic hydroxyl groups excluding tert-OH is 1. The van der Waals surface area contributed by atoms with Gasteiger partial charge in [0.05, 0.1) is 18.8 Å². The zero-order valence-corrected chi connectivity index (χ0v) is 13.7. The summed E-state index contributed by atoms with van der Waals surface area (Å²) in [7, 11) is 3.03. The Bertz CT molecular complexity index is 505. The molecule has 4 atom stereocenters. The molecule has 1 aliphatic carbocycles. The van der Waals surface area contributed by atoms with E-state index in [9.17, 15) is 19.5 Å². The van der Waals surface area contributed by atoms with E-state index in [-0.39, 0.29) is 36.9 Å². The van der Waals surface area contributed by atoms with Crippen molar-refractivity contribution < 1.29 is 29.0 Å². The fourth-order valence-corrected chi connectivity index (χ4v) is 3.08. The van der Waals surface area contributed by atoms with Crippen molar-refractivity contribution in [2.75, 3.05) is 33.9 Å². The molecule has 0 bridgehead atoms. The van der Waals surface area contributed by atoms with E-state index in [1.165, 1.54) is 19.3 Å². The van der Waals surface area contributed by atoms with Crippen molar-refractivity contribution in [3.8, 4) is 0 Å². The molecule has 4 amide bonds. The van der Waals surface area contributed by atoms with Crippen LogP contribution in [0.1, 0.15) is 6.42 Å². The zero-order valence-electron chi connectivity index (χ0n) is 13.7. The Kier molecular flexibility index (Phi) is 6.29. The highest BCUT2D eigenvalue weighted by Crippen LogP contribution is 2.28. The number of imide groups is 1. The first-order valence-corrected chi connectivity index (χ1v) is 7.75. The summed E-state index contributed by atoms with van der Waals surface area (Å²) in [5.41, 5.74) is 0. The van der Waals surface area contributed by atoms with Crippen LogP contribution in [0.5, 0.6) is 0 Å². The number of aliphatic hydroxyl groups is 1. The van der Waals surface area contributed by atoms with Crippen LogP contribution in [-0.2, 0) is 19.1 Å². The molecule has 0 aromatic rings. The molecule has 9 nitrogen and oxygen atoms in total. The summed E-state index contributed by atoms with van der Waals surface area (Å²) in [6.07, 6.45) is 1.70. The molecule has 0 radical (unpaired) electrons. The number of methoxy groups -OCH3 is 2. The van der Waals surface area contributed by atoms with E-state index in [2.05, 4.69) is 10.6 Å². The number of urea groups is 1. The maximum atomic E-state index is 12.0. The van der Waals surface area contributed by atoms with Crippen LogP contribution in [0.3, 0.4) is 0 Å². The van der Waals surface area contributed by atoms with E-state index in [1.807, 2.05) is 0 Å². The number of hydrogen-bond acceptors (Lipinski definition) is 6. The summed E-state index contributed by atoms with van der Waals surface area (Å²) in [6, 6.07) is -0.791. The summed E-state index contributed by atoms with van der Waals surface area (Å²) >= 11 is 0. The SMILES string of the molecule is COC[C@H]1C[C@H](NC(=O)NCCN2C(=O)C=CC2=O)[C@@H](OC)C1O. The van der Waals surface area contributed by atoms with Gasteiger partial charge in [-0.1, -0.05) is 0 Å². The highest BCUT2D eigenvalue weighted by Gasteiger charge is 2.43. The first-order chi connectivity index (χ1) is 11.5. The van der Waals surface area contributed by atoms with E-state index in [4.69, 9.17) is 9.47 Å². The van der Waals surface area contributed by atoms with E-state index in [0.29, 0.717) is 13.0 Å². The molecule has 0 aromatic carbocycles. The van der Waals surface area contributed by atoms with Gasteiger partial charge in [0.25, 0.3) is 11.8 Å². The van der Waals surface area contributed by atoms with Crippen LogP contribution in [0.15, 0.2) is 12.2 Å². The third-order valence-electron chi connectivity index (χ3n) is 4.26. The Morgan fingerprint density at radius 2 is 2.00 bits per heavy atom. The second-order valence-corrected chi connectivity index (χ2v) is 5.81. The highest BCUT2D eigenvalue weighted by atomic mass is 16.5. The minimum Gasteiger partial charge on any atom is -0.390 e. The quantitative estimate of drug-likeness (QED) is 0.492. The maximum Gasteiger partial charge on any atom is 0.315 e. The van der Waals surface area contributed by atoms with Gasteiger partial charge in [0.2, 0.25) is 0 Å². The molecular weight excluding hydrogens is 318 g/mol. The number of nitrogens with zero attached hydrogens (tertiary/aromatic N) is 1. The van der Waals surface area contributed by atoms with Gasteiger partial charge in [-0.3, -0.25) is 14.5 Å². The molecule has 1 unspecified atom stereocenters. The summed E-state index contributed by atoms with van der Waals surface area (Å²) in [5, 5.41) is 15.5. The van der Waals surface area contributed by atoms with Crippen molar-refractivity contribution in [3.05, 3.63) is 12.2 Å². The van der Waals surface area contributed by atoms with Crippen molar-refractivity contribution in [3.63, 3.8) is 0 Å². The topological polar surface area (TPSA) is 117 Å². The van der Waals surface area contributed by atoms with Crippen LogP contribution in [0.4, 0.5) is 4.79 Å². The molecule has 24 heavy (non-hydrogen) atoms. The Balaban J connectivity index is 1.77. The van der Waals surface area contributed by atoms with E-state index in [1.54, 1.807) is 7.11 Å². The molecule has 1 aliphatic heterocycles. The maximum absolute atomic E-state index is 12.0. The summed E-state index contributed by atoms with van der Waals surface area (Å²) in [5.74, 6) is -0.887. The van der Waals surface area contributed by atoms with Crippen molar-refractivity contribution in [1.82, 2.24) is 15.5 Å². The number of amides is 4. The molecule has 2 aliphatic rings. The number of rotatable bonds is 7. The molecule has 134 valence electrons. The van der Waals surface area contributed by atoms with Gasteiger partial charge in [-0.15, -0.1) is 0 Å². The Labute approximate surface area is 140 Å². The standard InChI is InChI=1S/C15H23N3O6/c1-23-8-9-7-10(14(24-2)13(9)21)17-15(22)16-5-6-18-11(19)3-4-12(18)20/h3-4,9-10,13-14,21H,5-8H2,1-2H3,(H2,16,17,22)/t9-,10+,13?,14-/m1/s1. The van der Waals surface area contributed by atoms with Crippen molar-refractivity contribution >= 4 is 17.8 Å². The zero-order chi connectivity index (χ0) is 17.7. The van der Waals surface area contributed by atoms with Gasteiger partial charge in [-0.05, 0) is 6.42 Å². The lowest BCUT2D eigenvalue weighted by molar-refractivity contribution is -0.136. The molecule has 9 heteroatoms. The molecule has 0 aromatic heterocycles. The highest BCUT2D eigenvalue weighted by molar-refractivity contribution is 6.12. The molecule has 1 saturated carbocycles. The predicted octanol–water partition coefficient (Wildman–Crippen LogP) is -1.38. The van der Waals surface area contributed by atoms with Crippen LogP contribution < -0.4 is 10.6 Å². The third-order valence-corrected chi connectivity index (χ3v) is 4.26. The Hall–Kier alpha value is -1.97. The largest absolute Gasteiger partial charge is 0.390 e. The molecule has 2 rings (SSSR count). The van der Waals surface area contributed by atoms with E-state index >= 15 is 0 Å². The molecule has 0 spiro atoms. The average molecular weight is 341 g/mol. The van der Waals surface area contributed by atoms with Gasteiger partial charge in [0.15, 0.2) is 0 Å². The lowest BCUT2D eigenvalue weighted by Gasteiger charge is -2.22. The van der Waals surface area contributed by atoms with Gasteiger partial charge in [-0.2, -0.15) is 0 Å². The number of ether oxygens (including phenoxy) is 2. The minimum atomic E-state index is -0.717. The third kappa shape index (κ3) is 4.11. The normalized spacial score (nSPS) is 29.4. The lowest BCUT2D eigenvalue weighted by atomic mass is 10.1. The van der Waals surface area contributed by atoms with Crippen molar-refractivity contribution in [2.45, 2.75) is 24.7 Å². The molecule has 1 heterocycles. The molecule has 3 N–H and O–H groups in total. The smallest absolute Gasteiger partial charge is 0.315 e. The fraction of sp³-hybridized carbons (Fsp3) is 0.667. The number of hydrogen-bond donors (Lipinski definition) is 3. The second-order valence-electron chi connectivity index (χ2n) is 5.81. The van der Waals surface area contributed by atoms with Gasteiger partial charge in [-0.25, -0.2) is 4.79 Å². The van der Waals surface area contributed by atoms with Crippen molar-refractivity contribution in [2.24, 2.45) is 5.92 Å². The second kappa shape index (κ2) is 8.22. The summed E-state index contributed by atoms with van der Waals surface area (Å²) in [6.45, 7) is 0.623. The number of carbonyl (C=O) groups excluding carboxylic acids is 3. The fourth-order valence-electron chi connectivity index (χ4n) is 3.08. The Morgan fingerprint density at radius 3 is 2.58 bits per heavy atom. The number of nitrogens with one attached hydrogen (secondary N) is 2. The molecule has 0 saturated heterocycles. The van der Waals surface area contributed by atoms with Gasteiger partial charge < -0.3 is 25.2 Å². The van der Waals surface area contributed by atoms with Gasteiger partial charge >= 0.3 is 6.03 Å². The van der Waals surface area contributed by atoms with Crippen LogP contribution >= 0.6 is 0 Å². The van der Waals surface area contributed by atoms with Gasteiger partial charge in [0, 0.05) is 45.4 Å². The van der Waals surface area contributed by atoms with E-state index in [0.717, 1.165) is 4.90 Å². The number of carbonyl (C=O) groups is 3. The minimum absolute atomic E-state index is 0.103. The molecular formula is C15H23N3O6. The lowest BCUT2D eigenvalue weighted by Crippen LogP contribution is -2.49. The first kappa shape index (κ1) is 18.4. The average Bonchev–Trinajstić information content (AvgIpc) is 3.01. The van der Waals surface area contributed by atoms with Crippen LogP contribution in [-0.4, -0.2) is 80.0 Å². The summed E-state index contributed by atoms with van der Waals surface area (Å²) in [4.78, 5) is 35.8.